The molecule has 3 aromatic rings. The van der Waals surface area contributed by atoms with Crippen LogP contribution in [0.15, 0.2) is 53.3 Å². The van der Waals surface area contributed by atoms with E-state index >= 15 is 0 Å². The monoisotopic (exact) mass is 467 g/mol. The lowest BCUT2D eigenvalue weighted by Gasteiger charge is -2.30. The standard InChI is InChI=1S/C25H27ClFN5O/c1-17-23(19-6-9-22(27)20(15-19)16-28)30-32(12-2-3-18-4-7-21(26)8-5-18)25(33)24(17)31-13-10-29-11-14-31/h2-9,15,29H,10-14,16,28H2,1H3. The van der Waals surface area contributed by atoms with Gasteiger partial charge in [0.25, 0.3) is 5.56 Å². The molecule has 1 aromatic heterocycles. The molecule has 2 aromatic carbocycles. The Balaban J connectivity index is 1.77. The van der Waals surface area contributed by atoms with Gasteiger partial charge < -0.3 is 16.0 Å². The normalized spacial score (nSPS) is 14.2. The van der Waals surface area contributed by atoms with Crippen LogP contribution < -0.4 is 21.5 Å². The van der Waals surface area contributed by atoms with Crippen LogP contribution in [-0.4, -0.2) is 36.0 Å². The Morgan fingerprint density at radius 3 is 2.61 bits per heavy atom. The van der Waals surface area contributed by atoms with Crippen molar-refractivity contribution in [1.29, 1.82) is 0 Å². The maximum absolute atomic E-state index is 14.1. The van der Waals surface area contributed by atoms with Gasteiger partial charge in [-0.2, -0.15) is 5.10 Å². The first-order valence-electron chi connectivity index (χ1n) is 11.0. The molecule has 8 heteroatoms. The smallest absolute Gasteiger partial charge is 0.290 e. The lowest BCUT2D eigenvalue weighted by molar-refractivity contribution is 0.577. The van der Waals surface area contributed by atoms with Gasteiger partial charge in [-0.15, -0.1) is 0 Å². The minimum atomic E-state index is -0.347. The topological polar surface area (TPSA) is 76.2 Å². The lowest BCUT2D eigenvalue weighted by Crippen LogP contribution is -2.46. The first-order chi connectivity index (χ1) is 16.0. The summed E-state index contributed by atoms with van der Waals surface area (Å²) in [5.41, 5.74) is 9.79. The van der Waals surface area contributed by atoms with E-state index in [1.807, 2.05) is 43.3 Å². The lowest BCUT2D eigenvalue weighted by atomic mass is 10.0. The van der Waals surface area contributed by atoms with Crippen molar-refractivity contribution in [2.24, 2.45) is 5.73 Å². The molecule has 6 nitrogen and oxygen atoms in total. The molecule has 4 rings (SSSR count). The molecule has 0 saturated carbocycles. The molecule has 2 heterocycles. The van der Waals surface area contributed by atoms with Gasteiger partial charge in [0.15, 0.2) is 0 Å². The Bertz CT molecular complexity index is 1220. The molecule has 0 amide bonds. The third-order valence-electron chi connectivity index (χ3n) is 5.80. The van der Waals surface area contributed by atoms with Crippen molar-refractivity contribution < 1.29 is 4.39 Å². The van der Waals surface area contributed by atoms with Gasteiger partial charge in [-0.3, -0.25) is 4.79 Å². The number of allylic oxidation sites excluding steroid dienone is 1. The van der Waals surface area contributed by atoms with Crippen molar-refractivity contribution in [3.05, 3.63) is 86.4 Å². The highest BCUT2D eigenvalue weighted by Crippen LogP contribution is 2.28. The zero-order chi connectivity index (χ0) is 23.4. The number of halogens is 2. The van der Waals surface area contributed by atoms with Crippen LogP contribution in [0.25, 0.3) is 17.3 Å². The van der Waals surface area contributed by atoms with Crippen LogP contribution in [0.1, 0.15) is 16.7 Å². The molecule has 0 spiro atoms. The maximum atomic E-state index is 14.1. The Hall–Kier alpha value is -3.00. The number of nitrogens with zero attached hydrogens (tertiary/aromatic N) is 3. The number of anilines is 1. The number of rotatable bonds is 6. The van der Waals surface area contributed by atoms with E-state index < -0.39 is 0 Å². The van der Waals surface area contributed by atoms with Crippen LogP contribution in [0.5, 0.6) is 0 Å². The van der Waals surface area contributed by atoms with Crippen LogP contribution in [0.2, 0.25) is 5.02 Å². The summed E-state index contributed by atoms with van der Waals surface area (Å²) >= 11 is 5.96. The van der Waals surface area contributed by atoms with Crippen molar-refractivity contribution in [2.45, 2.75) is 20.0 Å². The van der Waals surface area contributed by atoms with Crippen LogP contribution >= 0.6 is 11.6 Å². The van der Waals surface area contributed by atoms with Gasteiger partial charge in [-0.05, 0) is 42.8 Å². The number of benzene rings is 2. The Morgan fingerprint density at radius 1 is 1.18 bits per heavy atom. The van der Waals surface area contributed by atoms with Gasteiger partial charge in [0.05, 0.1) is 12.2 Å². The van der Waals surface area contributed by atoms with E-state index in [0.29, 0.717) is 28.5 Å². The highest BCUT2D eigenvalue weighted by molar-refractivity contribution is 6.30. The summed E-state index contributed by atoms with van der Waals surface area (Å²) in [5, 5.41) is 8.67. The summed E-state index contributed by atoms with van der Waals surface area (Å²) in [5.74, 6) is -0.347. The summed E-state index contributed by atoms with van der Waals surface area (Å²) in [6.45, 7) is 5.38. The first-order valence-corrected chi connectivity index (χ1v) is 11.3. The molecule has 1 fully saturated rings. The van der Waals surface area contributed by atoms with Gasteiger partial charge in [0, 0.05) is 54.4 Å². The molecular weight excluding hydrogens is 441 g/mol. The van der Waals surface area contributed by atoms with Crippen LogP contribution in [-0.2, 0) is 13.1 Å². The van der Waals surface area contributed by atoms with E-state index in [1.165, 1.54) is 10.7 Å². The predicted molar refractivity (Wildman–Crippen MR) is 132 cm³/mol. The summed E-state index contributed by atoms with van der Waals surface area (Å²) < 4.78 is 15.5. The van der Waals surface area contributed by atoms with Gasteiger partial charge in [0.1, 0.15) is 11.5 Å². The fourth-order valence-corrected chi connectivity index (χ4v) is 4.16. The molecule has 1 aliphatic heterocycles. The highest BCUT2D eigenvalue weighted by atomic mass is 35.5. The number of hydrogen-bond acceptors (Lipinski definition) is 5. The highest BCUT2D eigenvalue weighted by Gasteiger charge is 2.22. The van der Waals surface area contributed by atoms with E-state index in [4.69, 9.17) is 17.3 Å². The fourth-order valence-electron chi connectivity index (χ4n) is 4.04. The molecule has 0 unspecified atom stereocenters. The molecule has 0 bridgehead atoms. The van der Waals surface area contributed by atoms with Gasteiger partial charge in [-0.1, -0.05) is 35.9 Å². The first kappa shape index (κ1) is 23.2. The Kier molecular flexibility index (Phi) is 7.23. The third-order valence-corrected chi connectivity index (χ3v) is 6.05. The molecule has 0 radical (unpaired) electrons. The second-order valence-corrected chi connectivity index (χ2v) is 8.45. The number of nitrogens with one attached hydrogen (secondary N) is 1. The van der Waals surface area contributed by atoms with Crippen LogP contribution in [0.3, 0.4) is 0 Å². The van der Waals surface area contributed by atoms with Crippen molar-refractivity contribution in [3.8, 4) is 11.3 Å². The Morgan fingerprint density at radius 2 is 1.91 bits per heavy atom. The van der Waals surface area contributed by atoms with Gasteiger partial charge in [0.2, 0.25) is 0 Å². The molecule has 3 N–H and O–H groups in total. The van der Waals surface area contributed by atoms with Gasteiger partial charge >= 0.3 is 0 Å². The molecule has 0 aliphatic carbocycles. The summed E-state index contributed by atoms with van der Waals surface area (Å²) in [4.78, 5) is 15.5. The average Bonchev–Trinajstić information content (AvgIpc) is 2.83. The van der Waals surface area contributed by atoms with Crippen molar-refractivity contribution >= 4 is 23.4 Å². The second-order valence-electron chi connectivity index (χ2n) is 8.01. The second kappa shape index (κ2) is 10.3. The van der Waals surface area contributed by atoms with E-state index in [9.17, 15) is 9.18 Å². The number of piperazine rings is 1. The van der Waals surface area contributed by atoms with Crippen LogP contribution in [0, 0.1) is 12.7 Å². The SMILES string of the molecule is Cc1c(-c2ccc(F)c(CN)c2)nn(CC=Cc2ccc(Cl)cc2)c(=O)c1N1CCNCC1. The summed E-state index contributed by atoms with van der Waals surface area (Å²) in [6, 6.07) is 12.3. The van der Waals surface area contributed by atoms with E-state index in [1.54, 1.807) is 12.1 Å². The molecular formula is C25H27ClFN5O. The van der Waals surface area contributed by atoms with E-state index in [0.717, 1.165) is 42.9 Å². The van der Waals surface area contributed by atoms with Crippen molar-refractivity contribution in [1.82, 2.24) is 15.1 Å². The predicted octanol–water partition coefficient (Wildman–Crippen LogP) is 3.59. The van der Waals surface area contributed by atoms with Crippen molar-refractivity contribution in [3.63, 3.8) is 0 Å². The van der Waals surface area contributed by atoms with E-state index in [-0.39, 0.29) is 17.9 Å². The Labute approximate surface area is 197 Å². The van der Waals surface area contributed by atoms with E-state index in [2.05, 4.69) is 15.3 Å². The zero-order valence-electron chi connectivity index (χ0n) is 18.5. The number of nitrogens with two attached hydrogens (primary N) is 1. The fraction of sp³-hybridized carbons (Fsp3) is 0.280. The number of hydrogen-bond donors (Lipinski definition) is 2. The average molecular weight is 468 g/mol. The summed E-state index contributed by atoms with van der Waals surface area (Å²) in [7, 11) is 0. The molecule has 1 aliphatic rings. The quantitative estimate of drug-likeness (QED) is 0.579. The third kappa shape index (κ3) is 5.16. The minimum absolute atomic E-state index is 0.0901. The molecule has 33 heavy (non-hydrogen) atoms. The summed E-state index contributed by atoms with van der Waals surface area (Å²) in [6.07, 6.45) is 3.83. The largest absolute Gasteiger partial charge is 0.364 e. The van der Waals surface area contributed by atoms with Gasteiger partial charge in [-0.25, -0.2) is 9.07 Å². The minimum Gasteiger partial charge on any atom is -0.364 e. The molecule has 1 saturated heterocycles. The zero-order valence-corrected chi connectivity index (χ0v) is 19.3. The van der Waals surface area contributed by atoms with Crippen LogP contribution in [0.4, 0.5) is 10.1 Å². The molecule has 172 valence electrons. The maximum Gasteiger partial charge on any atom is 0.290 e. The van der Waals surface area contributed by atoms with Crippen molar-refractivity contribution in [2.75, 3.05) is 31.1 Å². The number of aromatic nitrogens is 2. The molecule has 0 atom stereocenters.